The number of phenolic OH excluding ortho intramolecular Hbond substituents is 1. The van der Waals surface area contributed by atoms with Crippen molar-refractivity contribution in [2.45, 2.75) is 6.92 Å². The lowest BCUT2D eigenvalue weighted by molar-refractivity contribution is -0.112. The van der Waals surface area contributed by atoms with E-state index in [0.29, 0.717) is 11.1 Å². The molecule has 0 unspecified atom stereocenters. The summed E-state index contributed by atoms with van der Waals surface area (Å²) in [5, 5.41) is 28.5. The number of rotatable bonds is 5. The van der Waals surface area contributed by atoms with Crippen molar-refractivity contribution >= 4 is 34.9 Å². The second-order valence-corrected chi connectivity index (χ2v) is 7.07. The number of hydrogen-bond acceptors (Lipinski definition) is 7. The molecular weight excluding hydrogens is 450 g/mol. The van der Waals surface area contributed by atoms with E-state index in [0.717, 1.165) is 17.1 Å². The van der Waals surface area contributed by atoms with Crippen LogP contribution >= 0.6 is 0 Å². The normalized spacial score (nSPS) is 14.3. The zero-order valence-corrected chi connectivity index (χ0v) is 17.5. The molecule has 172 valence electrons. The molecule has 0 fully saturated rings. The van der Waals surface area contributed by atoms with Crippen LogP contribution in [0.15, 0.2) is 70.9 Å². The summed E-state index contributed by atoms with van der Waals surface area (Å²) in [6.45, 7) is 1.52. The molecule has 0 bridgehead atoms. The molecule has 1 amide bonds. The van der Waals surface area contributed by atoms with Gasteiger partial charge in [-0.3, -0.25) is 10.2 Å². The molecule has 4 rings (SSSR count). The van der Waals surface area contributed by atoms with Gasteiger partial charge in [-0.1, -0.05) is 24.3 Å². The Bertz CT molecular complexity index is 1370. The fourth-order valence-electron chi connectivity index (χ4n) is 3.23. The molecule has 1 heterocycles. The maximum absolute atomic E-state index is 13.6. The van der Waals surface area contributed by atoms with Crippen molar-refractivity contribution in [3.8, 4) is 22.6 Å². The highest BCUT2D eigenvalue weighted by molar-refractivity contribution is 6.71. The van der Waals surface area contributed by atoms with Gasteiger partial charge in [0, 0.05) is 11.6 Å². The highest BCUT2D eigenvalue weighted by atomic mass is 19.2. The topological polar surface area (TPSA) is 124 Å². The van der Waals surface area contributed by atoms with Gasteiger partial charge in [0.05, 0.1) is 17.1 Å². The Morgan fingerprint density at radius 3 is 2.59 bits per heavy atom. The predicted molar refractivity (Wildman–Crippen MR) is 120 cm³/mol. The van der Waals surface area contributed by atoms with Crippen LogP contribution in [0.3, 0.4) is 0 Å². The van der Waals surface area contributed by atoms with E-state index in [9.17, 15) is 23.5 Å². The lowest BCUT2D eigenvalue weighted by Crippen LogP contribution is -2.28. The van der Waals surface area contributed by atoms with Gasteiger partial charge in [-0.2, -0.15) is 15.2 Å². The SMILES string of the molecule is CC1=NN(c2ccc(F)c(F)c2)C(=O)C1=NNc1cccc(-c2cccc(OC(=O)O)c2)c1O. The van der Waals surface area contributed by atoms with E-state index in [1.165, 1.54) is 31.2 Å². The third kappa shape index (κ3) is 4.39. The lowest BCUT2D eigenvalue weighted by Gasteiger charge is -2.12. The molecule has 0 saturated carbocycles. The summed E-state index contributed by atoms with van der Waals surface area (Å²) in [6.07, 6.45) is -1.47. The molecule has 0 atom stereocenters. The maximum Gasteiger partial charge on any atom is 0.511 e. The van der Waals surface area contributed by atoms with Gasteiger partial charge < -0.3 is 14.9 Å². The number of nitrogens with one attached hydrogen (secondary N) is 1. The number of para-hydroxylation sites is 1. The van der Waals surface area contributed by atoms with E-state index in [4.69, 9.17) is 5.11 Å². The van der Waals surface area contributed by atoms with Crippen molar-refractivity contribution in [1.82, 2.24) is 0 Å². The van der Waals surface area contributed by atoms with Gasteiger partial charge >= 0.3 is 12.1 Å². The van der Waals surface area contributed by atoms with Crippen LogP contribution in [0, 0.1) is 11.6 Å². The fourth-order valence-corrected chi connectivity index (χ4v) is 3.23. The number of carbonyl (C=O) groups is 2. The standard InChI is InChI=1S/C23H16F2N4O5/c1-12-20(22(31)29(28-12)14-8-9-17(24)18(25)11-14)27-26-19-7-3-6-16(21(19)30)13-4-2-5-15(10-13)34-23(32)33/h2-11,26,30H,1H3,(H,32,33). The molecule has 0 saturated heterocycles. The quantitative estimate of drug-likeness (QED) is 0.219. The molecule has 3 aromatic rings. The van der Waals surface area contributed by atoms with Crippen molar-refractivity contribution in [2.75, 3.05) is 10.4 Å². The van der Waals surface area contributed by atoms with Gasteiger partial charge in [0.25, 0.3) is 0 Å². The summed E-state index contributed by atoms with van der Waals surface area (Å²) >= 11 is 0. The van der Waals surface area contributed by atoms with E-state index >= 15 is 0 Å². The van der Waals surface area contributed by atoms with E-state index in [2.05, 4.69) is 20.4 Å². The molecule has 11 heteroatoms. The molecule has 9 nitrogen and oxygen atoms in total. The minimum Gasteiger partial charge on any atom is -0.505 e. The Morgan fingerprint density at radius 2 is 1.85 bits per heavy atom. The molecule has 1 aliphatic heterocycles. The molecule has 0 aliphatic carbocycles. The van der Waals surface area contributed by atoms with E-state index in [1.54, 1.807) is 24.3 Å². The number of carboxylic acid groups (broad SMARTS) is 1. The molecule has 34 heavy (non-hydrogen) atoms. The first-order chi connectivity index (χ1) is 16.2. The van der Waals surface area contributed by atoms with E-state index in [1.807, 2.05) is 0 Å². The molecule has 0 spiro atoms. The summed E-state index contributed by atoms with van der Waals surface area (Å²) in [7, 11) is 0. The average molecular weight is 466 g/mol. The number of benzene rings is 3. The zero-order valence-electron chi connectivity index (χ0n) is 17.5. The number of hydrazone groups is 2. The number of halogens is 2. The number of anilines is 2. The Morgan fingerprint density at radius 1 is 1.09 bits per heavy atom. The van der Waals surface area contributed by atoms with Crippen molar-refractivity contribution in [2.24, 2.45) is 10.2 Å². The number of amides is 1. The molecule has 3 N–H and O–H groups in total. The first-order valence-electron chi connectivity index (χ1n) is 9.76. The fraction of sp³-hybridized carbons (Fsp3) is 0.0435. The van der Waals surface area contributed by atoms with Gasteiger partial charge in [0.1, 0.15) is 11.5 Å². The Balaban J connectivity index is 1.59. The van der Waals surface area contributed by atoms with Crippen LogP contribution in [0.5, 0.6) is 11.5 Å². The summed E-state index contributed by atoms with van der Waals surface area (Å²) < 4.78 is 31.4. The molecule has 3 aromatic carbocycles. The van der Waals surface area contributed by atoms with Crippen LogP contribution in [0.4, 0.5) is 25.0 Å². The number of aromatic hydroxyl groups is 1. The summed E-state index contributed by atoms with van der Waals surface area (Å²) in [5.74, 6) is -2.99. The van der Waals surface area contributed by atoms with Gasteiger partial charge in [-0.05, 0) is 42.8 Å². The number of nitrogens with zero attached hydrogens (tertiary/aromatic N) is 3. The Hall–Kier alpha value is -4.80. The van der Waals surface area contributed by atoms with Crippen LogP contribution in [-0.4, -0.2) is 33.7 Å². The predicted octanol–water partition coefficient (Wildman–Crippen LogP) is 4.58. The minimum absolute atomic E-state index is 0.0294. The maximum atomic E-state index is 13.6. The van der Waals surface area contributed by atoms with Gasteiger partial charge in [0.2, 0.25) is 0 Å². The summed E-state index contributed by atoms with van der Waals surface area (Å²) in [4.78, 5) is 23.5. The van der Waals surface area contributed by atoms with Crippen molar-refractivity contribution in [1.29, 1.82) is 0 Å². The molecule has 0 aromatic heterocycles. The van der Waals surface area contributed by atoms with Crippen molar-refractivity contribution in [3.63, 3.8) is 0 Å². The Kier molecular flexibility index (Phi) is 5.92. The number of phenols is 1. The van der Waals surface area contributed by atoms with Gasteiger partial charge in [0.15, 0.2) is 17.3 Å². The zero-order chi connectivity index (χ0) is 24.4. The molecular formula is C23H16F2N4O5. The highest BCUT2D eigenvalue weighted by Crippen LogP contribution is 2.36. The smallest absolute Gasteiger partial charge is 0.505 e. The first kappa shape index (κ1) is 22.4. The van der Waals surface area contributed by atoms with E-state index in [-0.39, 0.29) is 34.3 Å². The molecule has 0 radical (unpaired) electrons. The number of hydrogen-bond donors (Lipinski definition) is 3. The van der Waals surface area contributed by atoms with E-state index < -0.39 is 23.7 Å². The first-order valence-corrected chi connectivity index (χ1v) is 9.76. The van der Waals surface area contributed by atoms with Crippen molar-refractivity contribution in [3.05, 3.63) is 72.3 Å². The second-order valence-electron chi connectivity index (χ2n) is 7.07. The third-order valence-electron chi connectivity index (χ3n) is 4.81. The van der Waals surface area contributed by atoms with Crippen molar-refractivity contribution < 1.29 is 33.3 Å². The van der Waals surface area contributed by atoms with Gasteiger partial charge in [-0.25, -0.2) is 13.6 Å². The summed E-state index contributed by atoms with van der Waals surface area (Å²) in [6, 6.07) is 13.8. The number of ether oxygens (including phenoxy) is 1. The average Bonchev–Trinajstić information content (AvgIpc) is 3.08. The monoisotopic (exact) mass is 466 g/mol. The van der Waals surface area contributed by atoms with Gasteiger partial charge in [-0.15, -0.1) is 0 Å². The van der Waals surface area contributed by atoms with Crippen LogP contribution in [0.1, 0.15) is 6.92 Å². The lowest BCUT2D eigenvalue weighted by atomic mass is 10.0. The van der Waals surface area contributed by atoms with Crippen LogP contribution in [-0.2, 0) is 4.79 Å². The summed E-state index contributed by atoms with van der Waals surface area (Å²) in [5.41, 5.74) is 3.76. The number of carbonyl (C=O) groups excluding carboxylic acids is 1. The van der Waals surface area contributed by atoms with Crippen LogP contribution in [0.25, 0.3) is 11.1 Å². The van der Waals surface area contributed by atoms with Crippen LogP contribution in [0.2, 0.25) is 0 Å². The van der Waals surface area contributed by atoms with Crippen LogP contribution < -0.4 is 15.2 Å². The largest absolute Gasteiger partial charge is 0.511 e. The third-order valence-corrected chi connectivity index (χ3v) is 4.81. The second kappa shape index (κ2) is 8.98. The Labute approximate surface area is 191 Å². The molecule has 1 aliphatic rings. The minimum atomic E-state index is -1.47. The highest BCUT2D eigenvalue weighted by Gasteiger charge is 2.31.